The molecule has 1 aromatic carbocycles. The van der Waals surface area contributed by atoms with Crippen LogP contribution in [0.25, 0.3) is 43.4 Å². The molecule has 7 aromatic heterocycles. The van der Waals surface area contributed by atoms with Crippen molar-refractivity contribution in [2.75, 3.05) is 26.4 Å². The number of anilines is 1. The number of hydrogen-bond acceptors (Lipinski definition) is 20. The molecule has 0 radical (unpaired) electrons. The van der Waals surface area contributed by atoms with Crippen molar-refractivity contribution >= 4 is 103 Å². The zero-order chi connectivity index (χ0) is 51.5. The molecule has 0 spiro atoms. The number of methoxy groups -OCH3 is 1. The summed E-state index contributed by atoms with van der Waals surface area (Å²) < 4.78 is 5.46. The summed E-state index contributed by atoms with van der Waals surface area (Å²) in [5, 5.41) is 24.7. The highest BCUT2D eigenvalue weighted by Gasteiger charge is 2.32. The normalized spacial score (nSPS) is 17.1. The lowest BCUT2D eigenvalue weighted by Crippen LogP contribution is -2.40. The second-order valence-electron chi connectivity index (χ2n) is 17.1. The van der Waals surface area contributed by atoms with Gasteiger partial charge < -0.3 is 37.1 Å². The van der Waals surface area contributed by atoms with E-state index < -0.39 is 41.8 Å². The number of pyridine rings is 1. The SMILES string of the molecule is CNC(=O)C[C@@H]1NC(=O)c2csc(n2)-c2ccc(-c3nc(N)cs3)nc2-c2csc(n2)-c2csc(n2)[C@H]([C@@H](C)c2ccccc2)NC(=O)CNC(=O)c2nc(sc2COC)C(C(C)C)NC(=O)c2nc1sc2C. The van der Waals surface area contributed by atoms with Crippen molar-refractivity contribution in [3.63, 3.8) is 0 Å². The summed E-state index contributed by atoms with van der Waals surface area (Å²) in [6.07, 6.45) is -0.175. The van der Waals surface area contributed by atoms with Gasteiger partial charge in [-0.3, -0.25) is 24.0 Å². The van der Waals surface area contributed by atoms with E-state index in [0.717, 1.165) is 5.56 Å². The second kappa shape index (κ2) is 22.2. The van der Waals surface area contributed by atoms with E-state index >= 15 is 0 Å². The molecule has 0 saturated carbocycles. The molecule has 0 fully saturated rings. The second-order valence-corrected chi connectivity index (χ2v) is 22.9. The molecular weight excluding hydrogens is 1050 g/mol. The van der Waals surface area contributed by atoms with Gasteiger partial charge in [0.25, 0.3) is 17.7 Å². The predicted molar refractivity (Wildman–Crippen MR) is 285 cm³/mol. The highest BCUT2D eigenvalue weighted by molar-refractivity contribution is 7.15. The van der Waals surface area contributed by atoms with Gasteiger partial charge in [0.2, 0.25) is 11.8 Å². The molecule has 1 aliphatic heterocycles. The molecule has 5 amide bonds. The quantitative estimate of drug-likeness (QED) is 0.0843. The molecule has 376 valence electrons. The Bertz CT molecular complexity index is 3340. The topological polar surface area (TPSA) is 271 Å². The van der Waals surface area contributed by atoms with Crippen LogP contribution >= 0.6 is 68.0 Å². The van der Waals surface area contributed by atoms with E-state index in [1.54, 1.807) is 17.7 Å². The molecule has 25 heteroatoms. The monoisotopic (exact) mass is 1090 g/mol. The van der Waals surface area contributed by atoms with Crippen molar-refractivity contribution < 1.29 is 28.7 Å². The van der Waals surface area contributed by atoms with Gasteiger partial charge in [-0.05, 0) is 30.5 Å². The van der Waals surface area contributed by atoms with Gasteiger partial charge in [-0.15, -0.1) is 68.0 Å². The number of ether oxygens (including phenoxy) is 1. The Kier molecular flexibility index (Phi) is 15.5. The molecule has 9 rings (SSSR count). The largest absolute Gasteiger partial charge is 0.383 e. The van der Waals surface area contributed by atoms with Gasteiger partial charge in [0.15, 0.2) is 0 Å². The maximum Gasteiger partial charge on any atom is 0.271 e. The number of rotatable bonds is 8. The lowest BCUT2D eigenvalue weighted by atomic mass is 9.93. The van der Waals surface area contributed by atoms with Gasteiger partial charge in [0.05, 0.1) is 48.3 Å². The number of carbonyl (C=O) groups excluding carboxylic acids is 5. The molecule has 10 bridgehead atoms. The van der Waals surface area contributed by atoms with Crippen molar-refractivity contribution in [1.29, 1.82) is 0 Å². The molecule has 4 atom stereocenters. The first kappa shape index (κ1) is 51.2. The van der Waals surface area contributed by atoms with Crippen molar-refractivity contribution in [2.24, 2.45) is 5.92 Å². The predicted octanol–water partition coefficient (Wildman–Crippen LogP) is 7.96. The molecule has 8 heterocycles. The minimum Gasteiger partial charge on any atom is -0.383 e. The summed E-state index contributed by atoms with van der Waals surface area (Å²) in [6.45, 7) is 7.24. The van der Waals surface area contributed by atoms with Crippen LogP contribution in [-0.4, -0.2) is 85.1 Å². The Balaban J connectivity index is 1.13. The highest BCUT2D eigenvalue weighted by Crippen LogP contribution is 2.40. The molecule has 1 unspecified atom stereocenters. The van der Waals surface area contributed by atoms with Crippen LogP contribution in [0.3, 0.4) is 0 Å². The van der Waals surface area contributed by atoms with Gasteiger partial charge in [-0.25, -0.2) is 34.9 Å². The zero-order valence-electron chi connectivity index (χ0n) is 40.0. The average Bonchev–Trinajstić information content (AvgIpc) is 4.26. The Morgan fingerprint density at radius 2 is 1.41 bits per heavy atom. The fraction of sp³-hybridized carbons (Fsp3) is 0.292. The van der Waals surface area contributed by atoms with Gasteiger partial charge in [0.1, 0.15) is 70.0 Å². The molecular formula is C48H47N13O6S6. The molecule has 0 aliphatic carbocycles. The smallest absolute Gasteiger partial charge is 0.271 e. The molecule has 19 nitrogen and oxygen atoms in total. The van der Waals surface area contributed by atoms with Crippen LogP contribution in [0.2, 0.25) is 0 Å². The van der Waals surface area contributed by atoms with Crippen LogP contribution in [0.1, 0.15) is 113 Å². The minimum atomic E-state index is -0.933. The Morgan fingerprint density at radius 3 is 2.15 bits per heavy atom. The molecule has 8 aromatic rings. The number of thiazole rings is 6. The summed E-state index contributed by atoms with van der Waals surface area (Å²) in [7, 11) is 2.99. The summed E-state index contributed by atoms with van der Waals surface area (Å²) in [4.78, 5) is 104. The van der Waals surface area contributed by atoms with E-state index in [9.17, 15) is 24.0 Å². The molecule has 7 N–H and O–H groups in total. The van der Waals surface area contributed by atoms with E-state index in [1.165, 1.54) is 82.2 Å². The number of nitrogens with zero attached hydrogens (tertiary/aromatic N) is 7. The Hall–Kier alpha value is -6.74. The third kappa shape index (κ3) is 11.3. The number of aryl methyl sites for hydroxylation is 1. The summed E-state index contributed by atoms with van der Waals surface area (Å²) in [5.74, 6) is -2.57. The number of nitrogen functional groups attached to an aromatic ring is 1. The number of carbonyl (C=O) groups is 5. The first-order valence-electron chi connectivity index (χ1n) is 22.7. The van der Waals surface area contributed by atoms with Crippen LogP contribution < -0.4 is 32.3 Å². The number of hydrogen-bond donors (Lipinski definition) is 6. The number of benzene rings is 1. The molecule has 1 aliphatic rings. The van der Waals surface area contributed by atoms with Crippen LogP contribution in [0.4, 0.5) is 5.82 Å². The van der Waals surface area contributed by atoms with Crippen molar-refractivity contribution in [1.82, 2.24) is 61.5 Å². The van der Waals surface area contributed by atoms with Crippen LogP contribution in [-0.2, 0) is 20.9 Å². The number of amides is 5. The lowest BCUT2D eigenvalue weighted by molar-refractivity contribution is -0.121. The van der Waals surface area contributed by atoms with Gasteiger partial charge in [-0.2, -0.15) is 0 Å². The van der Waals surface area contributed by atoms with Crippen LogP contribution in [0.5, 0.6) is 0 Å². The summed E-state index contributed by atoms with van der Waals surface area (Å²) in [6, 6.07) is 11.2. The highest BCUT2D eigenvalue weighted by atomic mass is 32.1. The zero-order valence-corrected chi connectivity index (χ0v) is 44.9. The average molecular weight is 1090 g/mol. The van der Waals surface area contributed by atoms with E-state index in [-0.39, 0.29) is 54.4 Å². The standard InChI is InChI=1S/C48H47N13O6S6/c1-21(2)35-48-61-39(31(73-48)16-67-6)41(65)51-15-34(63)58-36(22(3)24-10-8-7-9-11-24)47-56-30(19-70-47)45-54-28(17-69-45)38-25(12-13-26(52-38)44-57-32(49)20-71-44)43-55-29(18-68-43)40(64)53-27(14-33(62)50-5)46-60-37(23(4)72-46)42(66)59-35/h7-13,17-22,27,35-36H,14-16,49H2,1-6H3,(H,50,62)(H,51,65)(H,53,64)(H,58,63)(H,59,66)/t22-,27-,35?,36-/m0/s1. The number of fused-ring (bicyclic) bond motifs is 14. The maximum atomic E-state index is 14.2. The van der Waals surface area contributed by atoms with E-state index in [0.29, 0.717) is 74.0 Å². The third-order valence-electron chi connectivity index (χ3n) is 11.6. The number of aromatic nitrogens is 7. The Labute approximate surface area is 442 Å². The number of nitrogens with one attached hydrogen (secondary N) is 5. The minimum absolute atomic E-state index is 0.0521. The van der Waals surface area contributed by atoms with Crippen LogP contribution in [0.15, 0.2) is 64.0 Å². The molecule has 73 heavy (non-hydrogen) atoms. The van der Waals surface area contributed by atoms with Crippen molar-refractivity contribution in [3.8, 4) is 43.4 Å². The fourth-order valence-electron chi connectivity index (χ4n) is 7.83. The molecule has 0 saturated heterocycles. The third-order valence-corrected chi connectivity index (χ3v) is 17.4. The maximum absolute atomic E-state index is 14.2. The number of nitrogens with two attached hydrogens (primary N) is 1. The summed E-state index contributed by atoms with van der Waals surface area (Å²) >= 11 is 7.72. The first-order chi connectivity index (χ1) is 35.2. The van der Waals surface area contributed by atoms with E-state index in [2.05, 4.69) is 31.6 Å². The lowest BCUT2D eigenvalue weighted by Gasteiger charge is -2.24. The van der Waals surface area contributed by atoms with Crippen molar-refractivity contribution in [2.45, 2.75) is 64.8 Å². The van der Waals surface area contributed by atoms with E-state index in [1.807, 2.05) is 74.0 Å². The van der Waals surface area contributed by atoms with Gasteiger partial charge in [0, 0.05) is 52.0 Å². The first-order valence-corrected chi connectivity index (χ1v) is 27.8. The fourth-order valence-corrected chi connectivity index (χ4v) is 13.4. The summed E-state index contributed by atoms with van der Waals surface area (Å²) in [5.41, 5.74) is 9.97. The van der Waals surface area contributed by atoms with Gasteiger partial charge in [-0.1, -0.05) is 51.1 Å². The van der Waals surface area contributed by atoms with Crippen molar-refractivity contribution in [3.05, 3.63) is 111 Å². The van der Waals surface area contributed by atoms with Crippen LogP contribution in [0, 0.1) is 12.8 Å². The van der Waals surface area contributed by atoms with Gasteiger partial charge >= 0.3 is 0 Å². The Morgan fingerprint density at radius 1 is 0.699 bits per heavy atom. The van der Waals surface area contributed by atoms with E-state index in [4.69, 9.17) is 40.4 Å².